The first kappa shape index (κ1) is 15.0. The normalized spacial score (nSPS) is 12.9. The van der Waals surface area contributed by atoms with E-state index in [1.54, 1.807) is 18.2 Å². The minimum Gasteiger partial charge on any atom is -0.508 e. The van der Waals surface area contributed by atoms with Gasteiger partial charge >= 0.3 is 0 Å². The fraction of sp³-hybridized carbons (Fsp3) is 0.176. The second-order valence-electron chi connectivity index (χ2n) is 5.31. The molecule has 0 spiro atoms. The van der Waals surface area contributed by atoms with Crippen molar-refractivity contribution in [1.82, 2.24) is 5.32 Å². The van der Waals surface area contributed by atoms with Gasteiger partial charge in [0.2, 0.25) is 0 Å². The molecular weight excluding hydrogens is 299 g/mol. The molecular formula is C17H15FN2O3. The standard InChI is InChI=1S/C17H15FN2O3/c18-11-6-7-14(21)10(9-11)3-2-8-19-13-5-1-4-12-15(13)17(23)20-16(12)22/h1,4-7,9,19,21H,2-3,8H2,(H,20,22,23). The lowest BCUT2D eigenvalue weighted by Gasteiger charge is -2.10. The van der Waals surface area contributed by atoms with Gasteiger partial charge in [-0.25, -0.2) is 4.39 Å². The lowest BCUT2D eigenvalue weighted by Crippen LogP contribution is -2.20. The Morgan fingerprint density at radius 2 is 1.96 bits per heavy atom. The fourth-order valence-corrected chi connectivity index (χ4v) is 2.62. The number of fused-ring (bicyclic) bond motifs is 1. The number of benzene rings is 2. The Labute approximate surface area is 132 Å². The Kier molecular flexibility index (Phi) is 3.97. The molecule has 6 heteroatoms. The third-order valence-corrected chi connectivity index (χ3v) is 3.74. The zero-order chi connectivity index (χ0) is 16.4. The molecule has 3 rings (SSSR count). The molecule has 0 bridgehead atoms. The van der Waals surface area contributed by atoms with Crippen LogP contribution in [-0.4, -0.2) is 23.5 Å². The number of halogens is 1. The average Bonchev–Trinajstić information content (AvgIpc) is 2.82. The van der Waals surface area contributed by atoms with Crippen molar-refractivity contribution >= 4 is 17.5 Å². The van der Waals surface area contributed by atoms with Crippen LogP contribution in [0.4, 0.5) is 10.1 Å². The summed E-state index contributed by atoms with van der Waals surface area (Å²) in [6.45, 7) is 0.522. The van der Waals surface area contributed by atoms with Crippen LogP contribution < -0.4 is 10.6 Å². The van der Waals surface area contributed by atoms with Crippen LogP contribution in [0.1, 0.15) is 32.7 Å². The summed E-state index contributed by atoms with van der Waals surface area (Å²) >= 11 is 0. The maximum absolute atomic E-state index is 13.1. The predicted octanol–water partition coefficient (Wildman–Crippen LogP) is 2.46. The molecule has 5 nitrogen and oxygen atoms in total. The van der Waals surface area contributed by atoms with Crippen molar-refractivity contribution in [2.45, 2.75) is 12.8 Å². The zero-order valence-corrected chi connectivity index (χ0v) is 12.2. The highest BCUT2D eigenvalue weighted by Crippen LogP contribution is 2.24. The Morgan fingerprint density at radius 3 is 2.78 bits per heavy atom. The molecule has 3 N–H and O–H groups in total. The Hall–Kier alpha value is -2.89. The van der Waals surface area contributed by atoms with E-state index in [1.165, 1.54) is 18.2 Å². The van der Waals surface area contributed by atoms with Gasteiger partial charge in [0.25, 0.3) is 11.8 Å². The number of rotatable bonds is 5. The highest BCUT2D eigenvalue weighted by Gasteiger charge is 2.28. The predicted molar refractivity (Wildman–Crippen MR) is 83.1 cm³/mol. The maximum Gasteiger partial charge on any atom is 0.261 e. The van der Waals surface area contributed by atoms with Crippen molar-refractivity contribution in [2.24, 2.45) is 0 Å². The first-order valence-electron chi connectivity index (χ1n) is 7.26. The first-order valence-corrected chi connectivity index (χ1v) is 7.26. The van der Waals surface area contributed by atoms with Gasteiger partial charge in [0.15, 0.2) is 0 Å². The lowest BCUT2D eigenvalue weighted by molar-refractivity contribution is 0.0880. The molecule has 0 unspecified atom stereocenters. The van der Waals surface area contributed by atoms with Crippen LogP contribution in [0.3, 0.4) is 0 Å². The number of phenolic OH excluding ortho intramolecular Hbond substituents is 1. The second kappa shape index (κ2) is 6.08. The average molecular weight is 314 g/mol. The molecule has 2 amide bonds. The summed E-state index contributed by atoms with van der Waals surface area (Å²) in [6, 6.07) is 8.89. The van der Waals surface area contributed by atoms with Crippen LogP contribution in [0.5, 0.6) is 5.75 Å². The van der Waals surface area contributed by atoms with Gasteiger partial charge in [-0.2, -0.15) is 0 Å². The van der Waals surface area contributed by atoms with E-state index in [-0.39, 0.29) is 11.6 Å². The van der Waals surface area contributed by atoms with Crippen molar-refractivity contribution in [3.05, 3.63) is 58.9 Å². The van der Waals surface area contributed by atoms with Gasteiger partial charge in [0.05, 0.1) is 11.1 Å². The van der Waals surface area contributed by atoms with Gasteiger partial charge < -0.3 is 10.4 Å². The van der Waals surface area contributed by atoms with Gasteiger partial charge in [0.1, 0.15) is 11.6 Å². The number of imide groups is 1. The van der Waals surface area contributed by atoms with Crippen LogP contribution in [-0.2, 0) is 6.42 Å². The van der Waals surface area contributed by atoms with Gasteiger partial charge in [-0.15, -0.1) is 0 Å². The monoisotopic (exact) mass is 314 g/mol. The summed E-state index contributed by atoms with van der Waals surface area (Å²) in [5, 5.41) is 15.0. The molecule has 1 aliphatic rings. The summed E-state index contributed by atoms with van der Waals surface area (Å²) in [7, 11) is 0. The molecule has 23 heavy (non-hydrogen) atoms. The van der Waals surface area contributed by atoms with Gasteiger partial charge in [-0.05, 0) is 48.7 Å². The number of aromatic hydroxyl groups is 1. The quantitative estimate of drug-likeness (QED) is 0.585. The van der Waals surface area contributed by atoms with E-state index in [1.807, 2.05) is 0 Å². The number of phenols is 1. The van der Waals surface area contributed by atoms with Crippen LogP contribution in [0.15, 0.2) is 36.4 Å². The largest absolute Gasteiger partial charge is 0.508 e. The summed E-state index contributed by atoms with van der Waals surface area (Å²) in [6.07, 6.45) is 1.13. The van der Waals surface area contributed by atoms with Gasteiger partial charge in [-0.3, -0.25) is 14.9 Å². The molecule has 0 saturated heterocycles. The van der Waals surface area contributed by atoms with E-state index < -0.39 is 11.8 Å². The maximum atomic E-state index is 13.1. The van der Waals surface area contributed by atoms with Crippen molar-refractivity contribution < 1.29 is 19.1 Å². The molecule has 0 fully saturated rings. The van der Waals surface area contributed by atoms with Gasteiger partial charge in [0, 0.05) is 12.2 Å². The number of carbonyl (C=O) groups excluding carboxylic acids is 2. The number of anilines is 1. The van der Waals surface area contributed by atoms with E-state index in [2.05, 4.69) is 10.6 Å². The number of aryl methyl sites for hydroxylation is 1. The van der Waals surface area contributed by atoms with E-state index in [9.17, 15) is 19.1 Å². The minimum absolute atomic E-state index is 0.0666. The highest BCUT2D eigenvalue weighted by molar-refractivity contribution is 6.23. The topological polar surface area (TPSA) is 78.4 Å². The first-order chi connectivity index (χ1) is 11.1. The van der Waals surface area contributed by atoms with Crippen molar-refractivity contribution in [3.63, 3.8) is 0 Å². The molecule has 2 aromatic carbocycles. The number of hydrogen-bond donors (Lipinski definition) is 3. The molecule has 0 aliphatic carbocycles. The van der Waals surface area contributed by atoms with Gasteiger partial charge in [-0.1, -0.05) is 6.07 Å². The van der Waals surface area contributed by atoms with E-state index in [0.717, 1.165) is 0 Å². The Morgan fingerprint density at radius 1 is 1.13 bits per heavy atom. The third kappa shape index (κ3) is 3.01. The summed E-state index contributed by atoms with van der Waals surface area (Å²) in [5.74, 6) is -1.12. The van der Waals surface area contributed by atoms with Crippen LogP contribution in [0, 0.1) is 5.82 Å². The highest BCUT2D eigenvalue weighted by atomic mass is 19.1. The van der Waals surface area contributed by atoms with Crippen molar-refractivity contribution in [3.8, 4) is 5.75 Å². The summed E-state index contributed by atoms with van der Waals surface area (Å²) < 4.78 is 13.1. The number of hydrogen-bond acceptors (Lipinski definition) is 4. The zero-order valence-electron chi connectivity index (χ0n) is 12.2. The Balaban J connectivity index is 1.63. The molecule has 1 heterocycles. The van der Waals surface area contributed by atoms with Crippen molar-refractivity contribution in [1.29, 1.82) is 0 Å². The fourth-order valence-electron chi connectivity index (χ4n) is 2.62. The molecule has 1 aliphatic heterocycles. The summed E-state index contributed by atoms with van der Waals surface area (Å²) in [5.41, 5.74) is 1.85. The minimum atomic E-state index is -0.407. The van der Waals surface area contributed by atoms with E-state index in [0.29, 0.717) is 41.8 Å². The SMILES string of the molecule is O=C1NC(=O)c2c(NCCCc3cc(F)ccc3O)cccc21. The number of amides is 2. The smallest absolute Gasteiger partial charge is 0.261 e. The molecule has 0 atom stereocenters. The van der Waals surface area contributed by atoms with Crippen LogP contribution in [0.2, 0.25) is 0 Å². The van der Waals surface area contributed by atoms with Crippen LogP contribution in [0.25, 0.3) is 0 Å². The Bertz CT molecular complexity index is 789. The molecule has 0 aromatic heterocycles. The number of nitrogens with one attached hydrogen (secondary N) is 2. The lowest BCUT2D eigenvalue weighted by atomic mass is 10.1. The van der Waals surface area contributed by atoms with E-state index >= 15 is 0 Å². The molecule has 0 radical (unpaired) electrons. The third-order valence-electron chi connectivity index (χ3n) is 3.74. The molecule has 2 aromatic rings. The van der Waals surface area contributed by atoms with Crippen molar-refractivity contribution in [2.75, 3.05) is 11.9 Å². The number of carbonyl (C=O) groups is 2. The summed E-state index contributed by atoms with van der Waals surface area (Å²) in [4.78, 5) is 23.4. The van der Waals surface area contributed by atoms with E-state index in [4.69, 9.17) is 0 Å². The molecule has 118 valence electrons. The molecule has 0 saturated carbocycles. The second-order valence-corrected chi connectivity index (χ2v) is 5.31. The van der Waals surface area contributed by atoms with Crippen LogP contribution >= 0.6 is 0 Å².